The first-order chi connectivity index (χ1) is 14.0. The van der Waals surface area contributed by atoms with E-state index in [2.05, 4.69) is 0 Å². The summed E-state index contributed by atoms with van der Waals surface area (Å²) in [6, 6.07) is 18.9. The Morgan fingerprint density at radius 1 is 1.10 bits per heavy atom. The van der Waals surface area contributed by atoms with Gasteiger partial charge in [-0.25, -0.2) is 4.79 Å². The highest BCUT2D eigenvalue weighted by Crippen LogP contribution is 2.42. The topological polar surface area (TPSA) is 55.8 Å². The van der Waals surface area contributed by atoms with Crippen LogP contribution in [0.5, 0.6) is 5.75 Å². The molecule has 1 aliphatic rings. The van der Waals surface area contributed by atoms with Crippen LogP contribution in [-0.4, -0.2) is 24.5 Å². The molecule has 3 aromatic rings. The maximum absolute atomic E-state index is 12.7. The van der Waals surface area contributed by atoms with Crippen molar-refractivity contribution in [3.63, 3.8) is 0 Å². The van der Waals surface area contributed by atoms with Crippen LogP contribution in [0.4, 0.5) is 5.69 Å². The molecule has 5 nitrogen and oxygen atoms in total. The van der Waals surface area contributed by atoms with E-state index in [-0.39, 0.29) is 18.6 Å². The maximum Gasteiger partial charge on any atom is 0.348 e. The van der Waals surface area contributed by atoms with Gasteiger partial charge in [-0.2, -0.15) is 0 Å². The molecule has 2 aromatic carbocycles. The third kappa shape index (κ3) is 3.89. The van der Waals surface area contributed by atoms with Gasteiger partial charge in [0.05, 0.1) is 0 Å². The van der Waals surface area contributed by atoms with E-state index in [1.54, 1.807) is 11.0 Å². The second kappa shape index (κ2) is 8.09. The number of para-hydroxylation sites is 2. The summed E-state index contributed by atoms with van der Waals surface area (Å²) in [7, 11) is 0. The minimum Gasteiger partial charge on any atom is -0.488 e. The first-order valence-electron chi connectivity index (χ1n) is 9.43. The molecular formula is C23H21NO4S. The molecule has 0 N–H and O–H groups in total. The number of hydrogen-bond donors (Lipinski definition) is 0. The number of ether oxygens (including phenoxy) is 2. The average molecular weight is 407 g/mol. The van der Waals surface area contributed by atoms with Gasteiger partial charge < -0.3 is 14.4 Å². The van der Waals surface area contributed by atoms with E-state index in [0.29, 0.717) is 11.5 Å². The Kier molecular flexibility index (Phi) is 5.36. The smallest absolute Gasteiger partial charge is 0.348 e. The Labute approximate surface area is 173 Å². The fourth-order valence-electron chi connectivity index (χ4n) is 3.39. The van der Waals surface area contributed by atoms with Gasteiger partial charge >= 0.3 is 5.97 Å². The van der Waals surface area contributed by atoms with Crippen LogP contribution < -0.4 is 9.64 Å². The van der Waals surface area contributed by atoms with Gasteiger partial charge in [-0.1, -0.05) is 30.3 Å². The molecule has 1 aromatic heterocycles. The predicted octanol–water partition coefficient (Wildman–Crippen LogP) is 4.91. The number of carbonyl (C=O) groups excluding carboxylic acids is 2. The minimum absolute atomic E-state index is 0.0497. The Hall–Kier alpha value is -3.12. The number of thiophene rings is 1. The third-order valence-corrected chi connectivity index (χ3v) is 5.86. The van der Waals surface area contributed by atoms with Gasteiger partial charge in [0.2, 0.25) is 0 Å². The molecule has 1 amide bonds. The van der Waals surface area contributed by atoms with Crippen molar-refractivity contribution in [3.05, 3.63) is 71.1 Å². The van der Waals surface area contributed by atoms with E-state index in [0.717, 1.165) is 27.4 Å². The summed E-state index contributed by atoms with van der Waals surface area (Å²) in [6.45, 7) is 3.97. The zero-order chi connectivity index (χ0) is 20.4. The Morgan fingerprint density at radius 2 is 1.83 bits per heavy atom. The fraction of sp³-hybridized carbons (Fsp3) is 0.217. The standard InChI is InChI=1S/C23H21NO4S/c1-15(2)24(17-8-4-3-5-9-17)21(25)14-28-23(26)20-12-16-13-27-19-11-7-6-10-18(19)22(16)29-20/h3-12,15H,13-14H2,1-2H3. The van der Waals surface area contributed by atoms with E-state index in [9.17, 15) is 9.59 Å². The molecule has 4 rings (SSSR count). The van der Waals surface area contributed by atoms with Gasteiger partial charge in [0, 0.05) is 27.7 Å². The molecule has 0 radical (unpaired) electrons. The van der Waals surface area contributed by atoms with Crippen molar-refractivity contribution < 1.29 is 19.1 Å². The van der Waals surface area contributed by atoms with Crippen LogP contribution in [0.15, 0.2) is 60.7 Å². The molecule has 2 heterocycles. The molecule has 0 aliphatic carbocycles. The van der Waals surface area contributed by atoms with Gasteiger partial charge in [0.15, 0.2) is 6.61 Å². The van der Waals surface area contributed by atoms with Gasteiger partial charge in [0.1, 0.15) is 17.2 Å². The van der Waals surface area contributed by atoms with Crippen molar-refractivity contribution >= 4 is 28.9 Å². The second-order valence-corrected chi connectivity index (χ2v) is 8.07. The summed E-state index contributed by atoms with van der Waals surface area (Å²) in [6.07, 6.45) is 0. The molecule has 29 heavy (non-hydrogen) atoms. The van der Waals surface area contributed by atoms with Crippen molar-refractivity contribution in [2.24, 2.45) is 0 Å². The molecule has 148 valence electrons. The Balaban J connectivity index is 1.47. The molecule has 6 heteroatoms. The molecule has 0 saturated heterocycles. The summed E-state index contributed by atoms with van der Waals surface area (Å²) in [5.41, 5.74) is 2.72. The highest BCUT2D eigenvalue weighted by atomic mass is 32.1. The molecule has 0 bridgehead atoms. The van der Waals surface area contributed by atoms with Crippen LogP contribution in [0.2, 0.25) is 0 Å². The van der Waals surface area contributed by atoms with Crippen molar-refractivity contribution in [1.29, 1.82) is 0 Å². The van der Waals surface area contributed by atoms with E-state index < -0.39 is 5.97 Å². The highest BCUT2D eigenvalue weighted by Gasteiger charge is 2.25. The quantitative estimate of drug-likeness (QED) is 0.564. The Morgan fingerprint density at radius 3 is 2.59 bits per heavy atom. The van der Waals surface area contributed by atoms with Crippen LogP contribution in [0.25, 0.3) is 10.4 Å². The molecule has 0 spiro atoms. The van der Waals surface area contributed by atoms with Crippen LogP contribution in [0.3, 0.4) is 0 Å². The lowest BCUT2D eigenvalue weighted by Crippen LogP contribution is -2.39. The lowest BCUT2D eigenvalue weighted by Gasteiger charge is -2.26. The molecule has 0 saturated carbocycles. The lowest BCUT2D eigenvalue weighted by molar-refractivity contribution is -0.122. The number of amides is 1. The van der Waals surface area contributed by atoms with Crippen molar-refractivity contribution in [2.75, 3.05) is 11.5 Å². The van der Waals surface area contributed by atoms with Crippen LogP contribution in [0.1, 0.15) is 29.1 Å². The summed E-state index contributed by atoms with van der Waals surface area (Å²) in [5.74, 6) is 0.0638. The van der Waals surface area contributed by atoms with Crippen molar-refractivity contribution in [1.82, 2.24) is 0 Å². The van der Waals surface area contributed by atoms with Gasteiger partial charge in [-0.3, -0.25) is 4.79 Å². The van der Waals surface area contributed by atoms with Gasteiger partial charge in [-0.05, 0) is 44.2 Å². The van der Waals surface area contributed by atoms with E-state index in [1.165, 1.54) is 11.3 Å². The maximum atomic E-state index is 12.7. The lowest BCUT2D eigenvalue weighted by atomic mass is 10.1. The van der Waals surface area contributed by atoms with Crippen LogP contribution in [0, 0.1) is 0 Å². The molecule has 0 atom stereocenters. The summed E-state index contributed by atoms with van der Waals surface area (Å²) in [5, 5.41) is 0. The number of anilines is 1. The number of nitrogens with zero attached hydrogens (tertiary/aromatic N) is 1. The fourth-order valence-corrected chi connectivity index (χ4v) is 4.48. The zero-order valence-corrected chi connectivity index (χ0v) is 17.1. The molecule has 0 fully saturated rings. The van der Waals surface area contributed by atoms with E-state index in [1.807, 2.05) is 68.4 Å². The second-order valence-electron chi connectivity index (χ2n) is 7.02. The number of esters is 1. The van der Waals surface area contributed by atoms with Gasteiger partial charge in [0.25, 0.3) is 5.91 Å². The first kappa shape index (κ1) is 19.2. The molecular weight excluding hydrogens is 386 g/mol. The SMILES string of the molecule is CC(C)N(C(=O)COC(=O)c1cc2c(s1)-c1ccccc1OC2)c1ccccc1. The third-order valence-electron chi connectivity index (χ3n) is 4.67. The highest BCUT2D eigenvalue weighted by molar-refractivity contribution is 7.17. The van der Waals surface area contributed by atoms with Crippen LogP contribution in [-0.2, 0) is 16.1 Å². The summed E-state index contributed by atoms with van der Waals surface area (Å²) < 4.78 is 11.1. The van der Waals surface area contributed by atoms with Crippen LogP contribution >= 0.6 is 11.3 Å². The first-order valence-corrected chi connectivity index (χ1v) is 10.3. The number of carbonyl (C=O) groups is 2. The number of benzene rings is 2. The monoisotopic (exact) mass is 407 g/mol. The number of hydrogen-bond acceptors (Lipinski definition) is 5. The largest absolute Gasteiger partial charge is 0.488 e. The van der Waals surface area contributed by atoms with Gasteiger partial charge in [-0.15, -0.1) is 11.3 Å². The number of rotatable bonds is 5. The summed E-state index contributed by atoms with van der Waals surface area (Å²) >= 11 is 1.37. The van der Waals surface area contributed by atoms with Crippen molar-refractivity contribution in [2.45, 2.75) is 26.5 Å². The average Bonchev–Trinajstić information content (AvgIpc) is 3.18. The normalized spacial score (nSPS) is 12.0. The zero-order valence-electron chi connectivity index (χ0n) is 16.3. The predicted molar refractivity (Wildman–Crippen MR) is 113 cm³/mol. The molecule has 1 aliphatic heterocycles. The Bertz CT molecular complexity index is 1040. The number of fused-ring (bicyclic) bond motifs is 3. The van der Waals surface area contributed by atoms with E-state index in [4.69, 9.17) is 9.47 Å². The molecule has 0 unspecified atom stereocenters. The van der Waals surface area contributed by atoms with E-state index >= 15 is 0 Å². The minimum atomic E-state index is -0.494. The van der Waals surface area contributed by atoms with Crippen molar-refractivity contribution in [3.8, 4) is 16.2 Å². The summed E-state index contributed by atoms with van der Waals surface area (Å²) in [4.78, 5) is 28.4.